The van der Waals surface area contributed by atoms with Crippen molar-refractivity contribution in [3.63, 3.8) is 0 Å². The molecule has 1 aromatic carbocycles. The van der Waals surface area contributed by atoms with Gasteiger partial charge in [0.25, 0.3) is 0 Å². The van der Waals surface area contributed by atoms with E-state index in [-0.39, 0.29) is 11.6 Å². The summed E-state index contributed by atoms with van der Waals surface area (Å²) in [5.41, 5.74) is 0.843. The number of allylic oxidation sites excluding steroid dienone is 1. The second kappa shape index (κ2) is 7.31. The predicted octanol–water partition coefficient (Wildman–Crippen LogP) is 2.85. The van der Waals surface area contributed by atoms with Gasteiger partial charge in [-0.1, -0.05) is 24.3 Å². The molecule has 0 radical (unpaired) electrons. The van der Waals surface area contributed by atoms with E-state index in [1.807, 2.05) is 30.3 Å². The maximum atomic E-state index is 9.88. The van der Waals surface area contributed by atoms with E-state index in [0.717, 1.165) is 24.2 Å². The van der Waals surface area contributed by atoms with Crippen molar-refractivity contribution in [2.24, 2.45) is 0 Å². The molecule has 0 aromatic heterocycles. The number of nitrogens with one attached hydrogen (secondary N) is 1. The summed E-state index contributed by atoms with van der Waals surface area (Å²) in [7, 11) is 1.67. The number of hydrogen-bond donors (Lipinski definition) is 2. The van der Waals surface area contributed by atoms with E-state index in [1.54, 1.807) is 7.11 Å². The fourth-order valence-electron chi connectivity index (χ4n) is 2.04. The van der Waals surface area contributed by atoms with Gasteiger partial charge in [-0.15, -0.1) is 6.58 Å². The summed E-state index contributed by atoms with van der Waals surface area (Å²) in [4.78, 5) is 0. The average molecular weight is 263 g/mol. The fraction of sp³-hybridized carbons (Fsp3) is 0.500. The number of para-hydroxylation sites is 1. The number of hydrogen-bond acceptors (Lipinski definition) is 3. The Hall–Kier alpha value is -1.32. The van der Waals surface area contributed by atoms with E-state index < -0.39 is 0 Å². The van der Waals surface area contributed by atoms with Gasteiger partial charge in [-0.3, -0.25) is 0 Å². The van der Waals surface area contributed by atoms with Crippen molar-refractivity contribution < 1.29 is 9.84 Å². The summed E-state index contributed by atoms with van der Waals surface area (Å²) in [5, 5.41) is 13.3. The van der Waals surface area contributed by atoms with E-state index in [0.29, 0.717) is 6.54 Å². The van der Waals surface area contributed by atoms with Crippen LogP contribution in [0.3, 0.4) is 0 Å². The van der Waals surface area contributed by atoms with Gasteiger partial charge in [0, 0.05) is 17.6 Å². The molecule has 1 unspecified atom stereocenters. The Balaban J connectivity index is 2.67. The summed E-state index contributed by atoms with van der Waals surface area (Å²) >= 11 is 0. The first kappa shape index (κ1) is 15.7. The number of aliphatic hydroxyl groups excluding tert-OH is 1. The van der Waals surface area contributed by atoms with Crippen LogP contribution in [0.25, 0.3) is 0 Å². The van der Waals surface area contributed by atoms with Crippen LogP contribution in [0.2, 0.25) is 0 Å². The molecule has 0 fully saturated rings. The van der Waals surface area contributed by atoms with E-state index in [2.05, 4.69) is 25.7 Å². The molecule has 1 atom stereocenters. The van der Waals surface area contributed by atoms with Gasteiger partial charge in [-0.05, 0) is 32.8 Å². The third kappa shape index (κ3) is 4.69. The summed E-state index contributed by atoms with van der Waals surface area (Å²) in [6.07, 6.45) is 3.04. The molecule has 1 rings (SSSR count). The standard InChI is InChI=1S/C16H25NO2/c1-5-6-9-13(18)12-17-16(2,3)14-10-7-8-11-15(14)19-4/h5,7-8,10-11,13,17-18H,1,6,9,12H2,2-4H3. The van der Waals surface area contributed by atoms with E-state index in [1.165, 1.54) is 0 Å². The third-order valence-corrected chi connectivity index (χ3v) is 3.26. The predicted molar refractivity (Wildman–Crippen MR) is 79.5 cm³/mol. The number of rotatable bonds is 8. The van der Waals surface area contributed by atoms with Crippen LogP contribution >= 0.6 is 0 Å². The zero-order valence-electron chi connectivity index (χ0n) is 12.1. The monoisotopic (exact) mass is 263 g/mol. The summed E-state index contributed by atoms with van der Waals surface area (Å²) in [6, 6.07) is 7.95. The second-order valence-corrected chi connectivity index (χ2v) is 5.23. The molecule has 19 heavy (non-hydrogen) atoms. The molecule has 1 aromatic rings. The van der Waals surface area contributed by atoms with Crippen molar-refractivity contribution in [1.29, 1.82) is 0 Å². The van der Waals surface area contributed by atoms with Gasteiger partial charge in [-0.2, -0.15) is 0 Å². The number of aliphatic hydroxyl groups is 1. The molecule has 0 heterocycles. The number of ether oxygens (including phenoxy) is 1. The van der Waals surface area contributed by atoms with Crippen LogP contribution < -0.4 is 10.1 Å². The van der Waals surface area contributed by atoms with Gasteiger partial charge in [-0.25, -0.2) is 0 Å². The first-order valence-electron chi connectivity index (χ1n) is 6.68. The Morgan fingerprint density at radius 3 is 2.74 bits per heavy atom. The minimum Gasteiger partial charge on any atom is -0.496 e. The molecular weight excluding hydrogens is 238 g/mol. The molecule has 0 aliphatic heterocycles. The van der Waals surface area contributed by atoms with Crippen LogP contribution in [0, 0.1) is 0 Å². The highest BCUT2D eigenvalue weighted by molar-refractivity contribution is 5.38. The van der Waals surface area contributed by atoms with Crippen molar-refractivity contribution in [1.82, 2.24) is 5.32 Å². The zero-order valence-corrected chi connectivity index (χ0v) is 12.1. The Morgan fingerprint density at radius 2 is 2.11 bits per heavy atom. The first-order valence-corrected chi connectivity index (χ1v) is 6.68. The van der Waals surface area contributed by atoms with Crippen molar-refractivity contribution in [2.75, 3.05) is 13.7 Å². The molecule has 3 heteroatoms. The summed E-state index contributed by atoms with van der Waals surface area (Å²) in [6.45, 7) is 8.39. The highest BCUT2D eigenvalue weighted by atomic mass is 16.5. The highest BCUT2D eigenvalue weighted by Gasteiger charge is 2.24. The van der Waals surface area contributed by atoms with Gasteiger partial charge in [0.1, 0.15) is 5.75 Å². The molecule has 0 amide bonds. The molecule has 0 spiro atoms. The van der Waals surface area contributed by atoms with Crippen molar-refractivity contribution in [3.8, 4) is 5.75 Å². The quantitative estimate of drug-likeness (QED) is 0.709. The van der Waals surface area contributed by atoms with Crippen LogP contribution in [0.15, 0.2) is 36.9 Å². The molecule has 3 nitrogen and oxygen atoms in total. The minimum absolute atomic E-state index is 0.248. The van der Waals surface area contributed by atoms with E-state index in [4.69, 9.17) is 4.74 Å². The Kier molecular flexibility index (Phi) is 6.06. The lowest BCUT2D eigenvalue weighted by Crippen LogP contribution is -2.41. The Labute approximate surface area is 116 Å². The molecular formula is C16H25NO2. The first-order chi connectivity index (χ1) is 9.01. The largest absolute Gasteiger partial charge is 0.496 e. The van der Waals surface area contributed by atoms with E-state index in [9.17, 15) is 5.11 Å². The van der Waals surface area contributed by atoms with Gasteiger partial charge in [0.15, 0.2) is 0 Å². The molecule has 0 saturated heterocycles. The molecule has 2 N–H and O–H groups in total. The van der Waals surface area contributed by atoms with Gasteiger partial charge < -0.3 is 15.2 Å². The molecule has 0 saturated carbocycles. The lowest BCUT2D eigenvalue weighted by molar-refractivity contribution is 0.150. The van der Waals surface area contributed by atoms with Crippen molar-refractivity contribution in [3.05, 3.63) is 42.5 Å². The van der Waals surface area contributed by atoms with Crippen LogP contribution in [0.5, 0.6) is 5.75 Å². The lowest BCUT2D eigenvalue weighted by atomic mass is 9.93. The van der Waals surface area contributed by atoms with Crippen LogP contribution in [-0.2, 0) is 5.54 Å². The van der Waals surface area contributed by atoms with Crippen molar-refractivity contribution >= 4 is 0 Å². The lowest BCUT2D eigenvalue weighted by Gasteiger charge is -2.29. The van der Waals surface area contributed by atoms with Crippen LogP contribution in [-0.4, -0.2) is 24.9 Å². The van der Waals surface area contributed by atoms with E-state index >= 15 is 0 Å². The van der Waals surface area contributed by atoms with Gasteiger partial charge >= 0.3 is 0 Å². The number of methoxy groups -OCH3 is 1. The SMILES string of the molecule is C=CCCC(O)CNC(C)(C)c1ccccc1OC. The third-order valence-electron chi connectivity index (χ3n) is 3.26. The zero-order chi connectivity index (χ0) is 14.3. The average Bonchev–Trinajstić information content (AvgIpc) is 2.43. The summed E-state index contributed by atoms with van der Waals surface area (Å²) < 4.78 is 5.39. The van der Waals surface area contributed by atoms with Crippen molar-refractivity contribution in [2.45, 2.75) is 38.3 Å². The van der Waals surface area contributed by atoms with Gasteiger partial charge in [0.05, 0.1) is 13.2 Å². The molecule has 0 aliphatic rings. The fourth-order valence-corrected chi connectivity index (χ4v) is 2.04. The normalized spacial score (nSPS) is 13.1. The van der Waals surface area contributed by atoms with Crippen LogP contribution in [0.1, 0.15) is 32.3 Å². The second-order valence-electron chi connectivity index (χ2n) is 5.23. The smallest absolute Gasteiger partial charge is 0.123 e. The van der Waals surface area contributed by atoms with Gasteiger partial charge in [0.2, 0.25) is 0 Å². The highest BCUT2D eigenvalue weighted by Crippen LogP contribution is 2.29. The molecule has 0 aliphatic carbocycles. The molecule has 106 valence electrons. The maximum absolute atomic E-state index is 9.88. The maximum Gasteiger partial charge on any atom is 0.123 e. The topological polar surface area (TPSA) is 41.5 Å². The Bertz CT molecular complexity index is 401. The van der Waals surface area contributed by atoms with Crippen LogP contribution in [0.4, 0.5) is 0 Å². The number of benzene rings is 1. The summed E-state index contributed by atoms with van der Waals surface area (Å²) in [5.74, 6) is 0.862. The Morgan fingerprint density at radius 1 is 1.42 bits per heavy atom. The molecule has 0 bridgehead atoms. The minimum atomic E-state index is -0.355.